The summed E-state index contributed by atoms with van der Waals surface area (Å²) in [4.78, 5) is 19.0. The molecule has 3 aromatic heterocycles. The molecule has 4 aromatic rings. The summed E-state index contributed by atoms with van der Waals surface area (Å²) in [5.41, 5.74) is 1.18. The molecule has 0 radical (unpaired) electrons. The molecule has 0 aliphatic carbocycles. The van der Waals surface area contributed by atoms with Gasteiger partial charge in [0.1, 0.15) is 17.3 Å². The Labute approximate surface area is 162 Å². The first-order valence-corrected chi connectivity index (χ1v) is 9.04. The molecular weight excluding hydrogens is 388 g/mol. The predicted octanol–water partition coefficient (Wildman–Crippen LogP) is 5.77. The van der Waals surface area contributed by atoms with E-state index in [1.165, 1.54) is 23.5 Å². The summed E-state index contributed by atoms with van der Waals surface area (Å²) < 4.78 is 5.85. The van der Waals surface area contributed by atoms with E-state index in [1.807, 2.05) is 23.6 Å². The summed E-state index contributed by atoms with van der Waals surface area (Å²) in [6.07, 6.45) is 1.70. The fourth-order valence-electron chi connectivity index (χ4n) is 2.43. The Balaban J connectivity index is 1.57. The predicted molar refractivity (Wildman–Crippen MR) is 104 cm³/mol. The van der Waals surface area contributed by atoms with E-state index < -0.39 is 4.92 Å². The van der Waals surface area contributed by atoms with Gasteiger partial charge in [0.15, 0.2) is 10.9 Å². The molecule has 27 heavy (non-hydrogen) atoms. The average Bonchev–Trinajstić information content (AvgIpc) is 3.32. The number of furan rings is 1. The molecule has 1 N–H and O–H groups in total. The minimum Gasteiger partial charge on any atom is -0.454 e. The van der Waals surface area contributed by atoms with Gasteiger partial charge in [-0.1, -0.05) is 17.7 Å². The number of pyridine rings is 1. The quantitative estimate of drug-likeness (QED) is 0.338. The lowest BCUT2D eigenvalue weighted by Gasteiger charge is -2.01. The number of nitrogens with zero attached hydrogens (tertiary/aromatic N) is 3. The summed E-state index contributed by atoms with van der Waals surface area (Å²) in [7, 11) is 0. The van der Waals surface area contributed by atoms with Crippen molar-refractivity contribution in [3.8, 4) is 22.8 Å². The smallest absolute Gasteiger partial charge is 0.270 e. The van der Waals surface area contributed by atoms with Crippen LogP contribution in [0.5, 0.6) is 0 Å². The third kappa shape index (κ3) is 3.67. The lowest BCUT2D eigenvalue weighted by Crippen LogP contribution is -1.91. The van der Waals surface area contributed by atoms with Crippen molar-refractivity contribution in [2.75, 3.05) is 5.32 Å². The highest BCUT2D eigenvalue weighted by atomic mass is 35.5. The van der Waals surface area contributed by atoms with Gasteiger partial charge >= 0.3 is 0 Å². The van der Waals surface area contributed by atoms with Crippen LogP contribution in [0.4, 0.5) is 16.6 Å². The lowest BCUT2D eigenvalue weighted by molar-refractivity contribution is -0.384. The van der Waals surface area contributed by atoms with Crippen molar-refractivity contribution in [1.29, 1.82) is 0 Å². The maximum atomic E-state index is 10.8. The second-order valence-electron chi connectivity index (χ2n) is 5.46. The minimum atomic E-state index is -0.491. The van der Waals surface area contributed by atoms with E-state index in [4.69, 9.17) is 16.0 Å². The van der Waals surface area contributed by atoms with Gasteiger partial charge < -0.3 is 9.73 Å². The maximum absolute atomic E-state index is 10.8. The molecule has 0 spiro atoms. The molecule has 4 rings (SSSR count). The zero-order valence-corrected chi connectivity index (χ0v) is 15.2. The molecule has 0 saturated heterocycles. The van der Waals surface area contributed by atoms with E-state index in [9.17, 15) is 10.1 Å². The molecule has 3 heterocycles. The Morgan fingerprint density at radius 3 is 2.74 bits per heavy atom. The summed E-state index contributed by atoms with van der Waals surface area (Å²) in [5.74, 6) is 1.79. The molecule has 0 bridgehead atoms. The number of halogens is 1. The molecule has 0 saturated carbocycles. The standard InChI is InChI=1S/C18H11ClN4O3S/c19-13-9-11(23(24)25)4-5-12(13)15-6-7-16(26-15)14-10-27-18(21-14)22-17-3-1-2-8-20-17/h1-10H,(H,20,21,22). The number of nitro groups is 1. The van der Waals surface area contributed by atoms with Crippen LogP contribution in [0.1, 0.15) is 0 Å². The van der Waals surface area contributed by atoms with Crippen molar-refractivity contribution in [3.05, 3.63) is 75.2 Å². The number of nitro benzene ring substituents is 1. The minimum absolute atomic E-state index is 0.0692. The first-order chi connectivity index (χ1) is 13.1. The molecule has 0 aliphatic heterocycles. The number of hydrogen-bond donors (Lipinski definition) is 1. The summed E-state index contributed by atoms with van der Waals surface area (Å²) in [6.45, 7) is 0. The Morgan fingerprint density at radius 2 is 2.00 bits per heavy atom. The van der Waals surface area contributed by atoms with Crippen LogP contribution in [-0.4, -0.2) is 14.9 Å². The van der Waals surface area contributed by atoms with Gasteiger partial charge in [0, 0.05) is 29.3 Å². The van der Waals surface area contributed by atoms with Crippen LogP contribution >= 0.6 is 22.9 Å². The SMILES string of the molecule is O=[N+]([O-])c1ccc(-c2ccc(-c3csc(Nc4ccccn4)n3)o2)c(Cl)c1. The Morgan fingerprint density at radius 1 is 1.15 bits per heavy atom. The van der Waals surface area contributed by atoms with Crippen molar-refractivity contribution in [1.82, 2.24) is 9.97 Å². The van der Waals surface area contributed by atoms with Crippen molar-refractivity contribution in [2.24, 2.45) is 0 Å². The van der Waals surface area contributed by atoms with E-state index in [-0.39, 0.29) is 10.7 Å². The molecule has 0 fully saturated rings. The Bertz CT molecular complexity index is 1110. The zero-order valence-electron chi connectivity index (χ0n) is 13.6. The van der Waals surface area contributed by atoms with E-state index >= 15 is 0 Å². The van der Waals surface area contributed by atoms with E-state index in [0.717, 1.165) is 0 Å². The number of rotatable bonds is 5. The largest absolute Gasteiger partial charge is 0.454 e. The molecule has 0 unspecified atom stereocenters. The number of thiazole rings is 1. The van der Waals surface area contributed by atoms with Gasteiger partial charge in [0.2, 0.25) is 0 Å². The molecule has 0 atom stereocenters. The number of hydrogen-bond acceptors (Lipinski definition) is 7. The Hall–Kier alpha value is -3.23. The first-order valence-electron chi connectivity index (χ1n) is 7.78. The number of benzene rings is 1. The molecule has 134 valence electrons. The molecular formula is C18H11ClN4O3S. The monoisotopic (exact) mass is 398 g/mol. The van der Waals surface area contributed by atoms with Crippen LogP contribution < -0.4 is 5.32 Å². The van der Waals surface area contributed by atoms with Crippen LogP contribution in [-0.2, 0) is 0 Å². The van der Waals surface area contributed by atoms with Crippen molar-refractivity contribution >= 4 is 39.6 Å². The third-order valence-corrected chi connectivity index (χ3v) is 4.76. The van der Waals surface area contributed by atoms with Crippen LogP contribution in [0.15, 0.2) is 64.5 Å². The van der Waals surface area contributed by atoms with Gasteiger partial charge in [-0.25, -0.2) is 9.97 Å². The normalized spacial score (nSPS) is 10.7. The number of aromatic nitrogens is 2. The third-order valence-electron chi connectivity index (χ3n) is 3.69. The molecule has 0 amide bonds. The molecule has 9 heteroatoms. The van der Waals surface area contributed by atoms with Crippen LogP contribution in [0, 0.1) is 10.1 Å². The van der Waals surface area contributed by atoms with Crippen molar-refractivity contribution in [2.45, 2.75) is 0 Å². The van der Waals surface area contributed by atoms with Gasteiger partial charge in [-0.2, -0.15) is 0 Å². The Kier molecular flexibility index (Phi) is 4.57. The zero-order chi connectivity index (χ0) is 18.8. The van der Waals surface area contributed by atoms with Crippen molar-refractivity contribution in [3.63, 3.8) is 0 Å². The first kappa shape index (κ1) is 17.2. The number of nitrogens with one attached hydrogen (secondary N) is 1. The van der Waals surface area contributed by atoms with Crippen LogP contribution in [0.3, 0.4) is 0 Å². The summed E-state index contributed by atoms with van der Waals surface area (Å²) in [5, 5.41) is 16.8. The molecule has 0 aliphatic rings. The van der Waals surface area contributed by atoms with Crippen LogP contribution in [0.2, 0.25) is 5.02 Å². The fraction of sp³-hybridized carbons (Fsp3) is 0. The second-order valence-corrected chi connectivity index (χ2v) is 6.73. The van der Waals surface area contributed by atoms with Crippen molar-refractivity contribution < 1.29 is 9.34 Å². The lowest BCUT2D eigenvalue weighted by atomic mass is 10.1. The number of non-ortho nitro benzene ring substituents is 1. The van der Waals surface area contributed by atoms with Crippen LogP contribution in [0.25, 0.3) is 22.8 Å². The highest BCUT2D eigenvalue weighted by Crippen LogP contribution is 2.35. The summed E-state index contributed by atoms with van der Waals surface area (Å²) in [6, 6.07) is 13.4. The molecule has 7 nitrogen and oxygen atoms in total. The van der Waals surface area contributed by atoms with Gasteiger partial charge in [0.05, 0.1) is 9.95 Å². The highest BCUT2D eigenvalue weighted by Gasteiger charge is 2.15. The highest BCUT2D eigenvalue weighted by molar-refractivity contribution is 7.14. The average molecular weight is 399 g/mol. The van der Waals surface area contributed by atoms with Gasteiger partial charge in [-0.05, 0) is 30.3 Å². The molecule has 1 aromatic carbocycles. The van der Waals surface area contributed by atoms with Gasteiger partial charge in [-0.3, -0.25) is 10.1 Å². The van der Waals surface area contributed by atoms with E-state index in [1.54, 1.807) is 24.4 Å². The van der Waals surface area contributed by atoms with E-state index in [0.29, 0.717) is 33.7 Å². The van der Waals surface area contributed by atoms with Gasteiger partial charge in [0.25, 0.3) is 5.69 Å². The fourth-order valence-corrected chi connectivity index (χ4v) is 3.40. The summed E-state index contributed by atoms with van der Waals surface area (Å²) >= 11 is 7.59. The topological polar surface area (TPSA) is 94.1 Å². The number of anilines is 2. The van der Waals surface area contributed by atoms with E-state index in [2.05, 4.69) is 15.3 Å². The maximum Gasteiger partial charge on any atom is 0.270 e. The van der Waals surface area contributed by atoms with Gasteiger partial charge in [-0.15, -0.1) is 11.3 Å². The second kappa shape index (κ2) is 7.18.